The van der Waals surface area contributed by atoms with Crippen LogP contribution >= 0.6 is 11.6 Å². The molecule has 14 heavy (non-hydrogen) atoms. The van der Waals surface area contributed by atoms with Gasteiger partial charge < -0.3 is 5.73 Å². The van der Waals surface area contributed by atoms with Crippen molar-refractivity contribution in [3.05, 3.63) is 28.8 Å². The molecule has 1 aromatic rings. The first-order valence-corrected chi connectivity index (χ1v) is 4.24. The van der Waals surface area contributed by atoms with E-state index in [1.165, 1.54) is 0 Å². The standard InChI is InChI=1S/C8H8ClF3N2/c9-7-6(3-5(10)4-14-7)8(11,12)1-2-13/h3-4H,1-2,13H2. The summed E-state index contributed by atoms with van der Waals surface area (Å²) in [6.07, 6.45) is 0.197. The van der Waals surface area contributed by atoms with Gasteiger partial charge in [-0.2, -0.15) is 0 Å². The van der Waals surface area contributed by atoms with Crippen LogP contribution in [0.1, 0.15) is 12.0 Å². The lowest BCUT2D eigenvalue weighted by Crippen LogP contribution is -2.19. The lowest BCUT2D eigenvalue weighted by Gasteiger charge is -2.16. The zero-order valence-corrected chi connectivity index (χ0v) is 7.86. The van der Waals surface area contributed by atoms with Crippen molar-refractivity contribution in [2.75, 3.05) is 6.54 Å². The summed E-state index contributed by atoms with van der Waals surface area (Å²) < 4.78 is 39.1. The molecule has 78 valence electrons. The van der Waals surface area contributed by atoms with Crippen LogP contribution in [0.5, 0.6) is 0 Å². The Hall–Kier alpha value is -0.810. The number of nitrogens with two attached hydrogens (primary N) is 1. The molecular formula is C8H8ClF3N2. The molecule has 0 aliphatic heterocycles. The Labute approximate surface area is 83.9 Å². The third-order valence-electron chi connectivity index (χ3n) is 1.66. The van der Waals surface area contributed by atoms with Crippen LogP contribution in [0.25, 0.3) is 0 Å². The van der Waals surface area contributed by atoms with Gasteiger partial charge in [-0.15, -0.1) is 0 Å². The minimum Gasteiger partial charge on any atom is -0.330 e. The van der Waals surface area contributed by atoms with E-state index < -0.39 is 28.9 Å². The molecule has 2 nitrogen and oxygen atoms in total. The fourth-order valence-corrected chi connectivity index (χ4v) is 1.24. The second kappa shape index (κ2) is 4.14. The topological polar surface area (TPSA) is 38.9 Å². The first-order valence-electron chi connectivity index (χ1n) is 3.87. The maximum absolute atomic E-state index is 13.2. The van der Waals surface area contributed by atoms with Crippen molar-refractivity contribution in [1.29, 1.82) is 0 Å². The molecule has 0 aromatic carbocycles. The van der Waals surface area contributed by atoms with Gasteiger partial charge in [0, 0.05) is 6.42 Å². The maximum Gasteiger partial charge on any atom is 0.277 e. The van der Waals surface area contributed by atoms with E-state index in [2.05, 4.69) is 4.98 Å². The average molecular weight is 225 g/mol. The van der Waals surface area contributed by atoms with Crippen molar-refractivity contribution in [1.82, 2.24) is 4.98 Å². The van der Waals surface area contributed by atoms with Gasteiger partial charge in [0.05, 0.1) is 11.8 Å². The highest BCUT2D eigenvalue weighted by Crippen LogP contribution is 2.35. The first kappa shape index (κ1) is 11.3. The highest BCUT2D eigenvalue weighted by atomic mass is 35.5. The third-order valence-corrected chi connectivity index (χ3v) is 1.96. The Morgan fingerprint density at radius 3 is 2.71 bits per heavy atom. The summed E-state index contributed by atoms with van der Waals surface area (Å²) in [7, 11) is 0. The highest BCUT2D eigenvalue weighted by molar-refractivity contribution is 6.30. The predicted octanol–water partition coefficient (Wildman–Crippen LogP) is 2.31. The van der Waals surface area contributed by atoms with Crippen molar-refractivity contribution < 1.29 is 13.2 Å². The summed E-state index contributed by atoms with van der Waals surface area (Å²) in [5.74, 6) is -4.08. The third kappa shape index (κ3) is 2.36. The molecule has 0 bridgehead atoms. The second-order valence-corrected chi connectivity index (χ2v) is 3.09. The molecule has 0 atom stereocenters. The Morgan fingerprint density at radius 1 is 1.50 bits per heavy atom. The Morgan fingerprint density at radius 2 is 2.14 bits per heavy atom. The monoisotopic (exact) mass is 224 g/mol. The molecule has 0 amide bonds. The SMILES string of the molecule is NCCC(F)(F)c1cc(F)cnc1Cl. The van der Waals surface area contributed by atoms with E-state index in [-0.39, 0.29) is 6.54 Å². The molecule has 2 N–H and O–H groups in total. The quantitative estimate of drug-likeness (QED) is 0.801. The Kier molecular flexibility index (Phi) is 3.34. The van der Waals surface area contributed by atoms with Crippen molar-refractivity contribution in [3.8, 4) is 0 Å². The maximum atomic E-state index is 13.2. The zero-order chi connectivity index (χ0) is 10.8. The van der Waals surface area contributed by atoms with E-state index in [9.17, 15) is 13.2 Å². The van der Waals surface area contributed by atoms with E-state index in [4.69, 9.17) is 17.3 Å². The van der Waals surface area contributed by atoms with Crippen LogP contribution in [0.2, 0.25) is 5.15 Å². The van der Waals surface area contributed by atoms with Crippen LogP contribution in [-0.4, -0.2) is 11.5 Å². The zero-order valence-electron chi connectivity index (χ0n) is 7.11. The number of aromatic nitrogens is 1. The minimum absolute atomic E-state index is 0.208. The molecule has 0 saturated heterocycles. The minimum atomic E-state index is -3.24. The molecule has 0 radical (unpaired) electrons. The molecule has 6 heteroatoms. The number of nitrogens with zero attached hydrogens (tertiary/aromatic N) is 1. The molecule has 0 aliphatic carbocycles. The summed E-state index contributed by atoms with van der Waals surface area (Å²) in [5.41, 5.74) is 4.38. The summed E-state index contributed by atoms with van der Waals surface area (Å²) in [4.78, 5) is 3.30. The van der Waals surface area contributed by atoms with Crippen LogP contribution in [0.15, 0.2) is 12.3 Å². The average Bonchev–Trinajstić information content (AvgIpc) is 2.09. The van der Waals surface area contributed by atoms with E-state index in [1.54, 1.807) is 0 Å². The Bertz CT molecular complexity index is 330. The molecule has 1 aromatic heterocycles. The molecule has 1 rings (SSSR count). The van der Waals surface area contributed by atoms with Gasteiger partial charge in [0.15, 0.2) is 0 Å². The molecule has 0 spiro atoms. The lowest BCUT2D eigenvalue weighted by atomic mass is 10.1. The summed E-state index contributed by atoms with van der Waals surface area (Å²) in [6, 6.07) is 0.672. The molecule has 1 heterocycles. The second-order valence-electron chi connectivity index (χ2n) is 2.74. The molecule has 0 aliphatic rings. The first-order chi connectivity index (χ1) is 6.47. The van der Waals surface area contributed by atoms with Gasteiger partial charge in [0.1, 0.15) is 11.0 Å². The highest BCUT2D eigenvalue weighted by Gasteiger charge is 2.33. The van der Waals surface area contributed by atoms with Gasteiger partial charge in [-0.05, 0) is 12.6 Å². The lowest BCUT2D eigenvalue weighted by molar-refractivity contribution is -0.0112. The number of hydrogen-bond donors (Lipinski definition) is 1. The molecule has 0 unspecified atom stereocenters. The van der Waals surface area contributed by atoms with Crippen molar-refractivity contribution in [2.45, 2.75) is 12.3 Å². The van der Waals surface area contributed by atoms with Crippen molar-refractivity contribution in [3.63, 3.8) is 0 Å². The predicted molar refractivity (Wildman–Crippen MR) is 46.8 cm³/mol. The Balaban J connectivity index is 3.10. The molecule has 0 saturated carbocycles. The van der Waals surface area contributed by atoms with Crippen LogP contribution in [-0.2, 0) is 5.92 Å². The van der Waals surface area contributed by atoms with Crippen molar-refractivity contribution in [2.24, 2.45) is 5.73 Å². The van der Waals surface area contributed by atoms with E-state index in [0.717, 1.165) is 6.20 Å². The molecular weight excluding hydrogens is 217 g/mol. The fourth-order valence-electron chi connectivity index (χ4n) is 0.995. The van der Waals surface area contributed by atoms with Gasteiger partial charge in [-0.1, -0.05) is 11.6 Å². The van der Waals surface area contributed by atoms with Crippen molar-refractivity contribution >= 4 is 11.6 Å². The summed E-state index contributed by atoms with van der Waals surface area (Å²) >= 11 is 5.42. The van der Waals surface area contributed by atoms with Crippen LogP contribution in [0, 0.1) is 5.82 Å². The van der Waals surface area contributed by atoms with Gasteiger partial charge in [-0.3, -0.25) is 0 Å². The number of hydrogen-bond acceptors (Lipinski definition) is 2. The van der Waals surface area contributed by atoms with Gasteiger partial charge >= 0.3 is 0 Å². The number of alkyl halides is 2. The number of rotatable bonds is 3. The van der Waals surface area contributed by atoms with E-state index in [1.807, 2.05) is 0 Å². The van der Waals surface area contributed by atoms with Crippen LogP contribution in [0.3, 0.4) is 0 Å². The number of halogens is 4. The van der Waals surface area contributed by atoms with Crippen LogP contribution in [0.4, 0.5) is 13.2 Å². The fraction of sp³-hybridized carbons (Fsp3) is 0.375. The summed E-state index contributed by atoms with van der Waals surface area (Å²) in [5, 5.41) is -0.398. The van der Waals surface area contributed by atoms with Gasteiger partial charge in [0.25, 0.3) is 5.92 Å². The van der Waals surface area contributed by atoms with Crippen LogP contribution < -0.4 is 5.73 Å². The summed E-state index contributed by atoms with van der Waals surface area (Å²) in [6.45, 7) is -0.208. The smallest absolute Gasteiger partial charge is 0.277 e. The largest absolute Gasteiger partial charge is 0.330 e. The number of pyridine rings is 1. The van der Waals surface area contributed by atoms with E-state index >= 15 is 0 Å². The van der Waals surface area contributed by atoms with Gasteiger partial charge in [-0.25, -0.2) is 18.2 Å². The van der Waals surface area contributed by atoms with E-state index in [0.29, 0.717) is 6.07 Å². The molecule has 0 fully saturated rings. The normalized spacial score (nSPS) is 11.8. The van der Waals surface area contributed by atoms with Gasteiger partial charge in [0.2, 0.25) is 0 Å².